The average molecular weight is 491 g/mol. The summed E-state index contributed by atoms with van der Waals surface area (Å²) in [5.41, 5.74) is 0.945. The zero-order valence-electron chi connectivity index (χ0n) is 18.5. The van der Waals surface area contributed by atoms with Crippen LogP contribution in [0.4, 0.5) is 24.5 Å². The van der Waals surface area contributed by atoms with Crippen molar-refractivity contribution in [2.45, 2.75) is 25.2 Å². The van der Waals surface area contributed by atoms with Crippen molar-refractivity contribution in [1.29, 1.82) is 0 Å². The summed E-state index contributed by atoms with van der Waals surface area (Å²) in [6.07, 6.45) is -3.39. The Bertz CT molecular complexity index is 1310. The van der Waals surface area contributed by atoms with Crippen molar-refractivity contribution >= 4 is 35.0 Å². The van der Waals surface area contributed by atoms with E-state index >= 15 is 0 Å². The molecule has 0 spiro atoms. The molecule has 0 unspecified atom stereocenters. The van der Waals surface area contributed by atoms with Crippen molar-refractivity contribution < 1.29 is 22.8 Å². The fraction of sp³-hybridized carbons (Fsp3) is 0.217. The Labute approximate surface area is 197 Å². The molecular formula is C23H21F3N4O3S. The maximum atomic E-state index is 12.8. The number of benzene rings is 2. The van der Waals surface area contributed by atoms with Gasteiger partial charge in [0.15, 0.2) is 5.16 Å². The zero-order chi connectivity index (χ0) is 25.0. The molecule has 178 valence electrons. The van der Waals surface area contributed by atoms with Crippen LogP contribution in [0.25, 0.3) is 0 Å². The number of anilines is 2. The quantitative estimate of drug-likeness (QED) is 0.395. The van der Waals surface area contributed by atoms with Crippen molar-refractivity contribution in [2.75, 3.05) is 16.4 Å². The van der Waals surface area contributed by atoms with E-state index in [0.717, 1.165) is 45.8 Å². The Morgan fingerprint density at radius 2 is 1.74 bits per heavy atom. The fourth-order valence-electron chi connectivity index (χ4n) is 2.94. The number of nitrogens with one attached hydrogen (secondary N) is 2. The Morgan fingerprint density at radius 1 is 1.03 bits per heavy atom. The van der Waals surface area contributed by atoms with Crippen molar-refractivity contribution in [3.63, 3.8) is 0 Å². The predicted molar refractivity (Wildman–Crippen MR) is 124 cm³/mol. The van der Waals surface area contributed by atoms with E-state index in [0.29, 0.717) is 5.69 Å². The molecular weight excluding hydrogens is 469 g/mol. The lowest BCUT2D eigenvalue weighted by Gasteiger charge is -2.11. The first-order chi connectivity index (χ1) is 16.0. The maximum absolute atomic E-state index is 12.8. The molecule has 0 radical (unpaired) electrons. The first kappa shape index (κ1) is 25.0. The molecule has 1 heterocycles. The number of amides is 2. The highest BCUT2D eigenvalue weighted by Gasteiger charge is 2.30. The first-order valence-corrected chi connectivity index (χ1v) is 11.0. The number of nitrogens with zero attached hydrogens (tertiary/aromatic N) is 2. The van der Waals surface area contributed by atoms with Crippen molar-refractivity contribution in [3.05, 3.63) is 81.3 Å². The van der Waals surface area contributed by atoms with Crippen molar-refractivity contribution in [2.24, 2.45) is 7.05 Å². The van der Waals surface area contributed by atoms with Crippen LogP contribution in [0.1, 0.15) is 27.0 Å². The van der Waals surface area contributed by atoms with E-state index in [1.807, 2.05) is 19.9 Å². The summed E-state index contributed by atoms with van der Waals surface area (Å²) >= 11 is 0.912. The third kappa shape index (κ3) is 6.04. The van der Waals surface area contributed by atoms with E-state index in [1.165, 1.54) is 19.2 Å². The highest BCUT2D eigenvalue weighted by molar-refractivity contribution is 7.99. The zero-order valence-corrected chi connectivity index (χ0v) is 19.3. The maximum Gasteiger partial charge on any atom is 0.416 e. The number of aromatic nitrogens is 2. The lowest BCUT2D eigenvalue weighted by Crippen LogP contribution is -2.29. The number of halogens is 3. The van der Waals surface area contributed by atoms with Crippen LogP contribution in [0.15, 0.2) is 58.6 Å². The Balaban J connectivity index is 1.66. The van der Waals surface area contributed by atoms with E-state index < -0.39 is 29.1 Å². The van der Waals surface area contributed by atoms with Crippen LogP contribution in [-0.4, -0.2) is 27.1 Å². The molecule has 0 aliphatic carbocycles. The molecule has 2 amide bonds. The molecule has 0 saturated carbocycles. The highest BCUT2D eigenvalue weighted by Crippen LogP contribution is 2.30. The van der Waals surface area contributed by atoms with Crippen molar-refractivity contribution in [1.82, 2.24) is 9.55 Å². The van der Waals surface area contributed by atoms with Gasteiger partial charge in [-0.2, -0.15) is 13.2 Å². The van der Waals surface area contributed by atoms with Gasteiger partial charge in [0.1, 0.15) is 5.56 Å². The number of carbonyl (C=O) groups excluding carboxylic acids is 2. The van der Waals surface area contributed by atoms with Crippen LogP contribution in [0.5, 0.6) is 0 Å². The van der Waals surface area contributed by atoms with Crippen LogP contribution in [0.2, 0.25) is 0 Å². The minimum atomic E-state index is -4.52. The minimum absolute atomic E-state index is 0.000588. The van der Waals surface area contributed by atoms with Gasteiger partial charge in [-0.3, -0.25) is 19.0 Å². The van der Waals surface area contributed by atoms with Crippen LogP contribution in [0.3, 0.4) is 0 Å². The third-order valence-electron chi connectivity index (χ3n) is 4.94. The van der Waals surface area contributed by atoms with Crippen LogP contribution >= 0.6 is 11.8 Å². The summed E-state index contributed by atoms with van der Waals surface area (Å²) in [5, 5.41) is 5.22. The van der Waals surface area contributed by atoms with E-state index in [-0.39, 0.29) is 22.2 Å². The smallest absolute Gasteiger partial charge is 0.325 e. The van der Waals surface area contributed by atoms with Gasteiger partial charge in [0.05, 0.1) is 11.3 Å². The third-order valence-corrected chi connectivity index (χ3v) is 5.99. The van der Waals surface area contributed by atoms with Crippen molar-refractivity contribution in [3.8, 4) is 0 Å². The predicted octanol–water partition coefficient (Wildman–Crippen LogP) is 4.40. The number of alkyl halides is 3. The van der Waals surface area contributed by atoms with Crippen LogP contribution < -0.4 is 16.2 Å². The number of hydrogen-bond acceptors (Lipinski definition) is 5. The van der Waals surface area contributed by atoms with E-state index in [4.69, 9.17) is 0 Å². The molecule has 34 heavy (non-hydrogen) atoms. The van der Waals surface area contributed by atoms with Gasteiger partial charge < -0.3 is 10.6 Å². The molecule has 0 atom stereocenters. The molecule has 2 N–H and O–H groups in total. The second-order valence-corrected chi connectivity index (χ2v) is 8.43. The van der Waals surface area contributed by atoms with Crippen LogP contribution in [0, 0.1) is 13.8 Å². The second-order valence-electron chi connectivity index (χ2n) is 7.49. The summed E-state index contributed by atoms with van der Waals surface area (Å²) in [6, 6.07) is 9.64. The minimum Gasteiger partial charge on any atom is -0.325 e. The lowest BCUT2D eigenvalue weighted by atomic mass is 10.1. The van der Waals surface area contributed by atoms with Gasteiger partial charge in [-0.1, -0.05) is 23.9 Å². The lowest BCUT2D eigenvalue weighted by molar-refractivity contribution is -0.137. The molecule has 0 fully saturated rings. The summed E-state index contributed by atoms with van der Waals surface area (Å²) in [6.45, 7) is 3.84. The topological polar surface area (TPSA) is 93.1 Å². The second kappa shape index (κ2) is 10.1. The largest absolute Gasteiger partial charge is 0.416 e. The molecule has 0 aliphatic heterocycles. The SMILES string of the molecule is Cc1ccc(NC(=O)c2cnc(SCC(=O)Nc3cccc(C(F)(F)F)c3)n(C)c2=O)cc1C. The highest BCUT2D eigenvalue weighted by atomic mass is 32.2. The molecule has 7 nitrogen and oxygen atoms in total. The van der Waals surface area contributed by atoms with Gasteiger partial charge >= 0.3 is 6.18 Å². The molecule has 0 saturated heterocycles. The van der Waals surface area contributed by atoms with Gasteiger partial charge in [0.2, 0.25) is 5.91 Å². The molecule has 0 bridgehead atoms. The first-order valence-electron chi connectivity index (χ1n) is 10.00. The number of aryl methyl sites for hydroxylation is 2. The van der Waals surface area contributed by atoms with E-state index in [9.17, 15) is 27.6 Å². The average Bonchev–Trinajstić information content (AvgIpc) is 2.77. The monoisotopic (exact) mass is 490 g/mol. The van der Waals surface area contributed by atoms with Gasteiger partial charge in [0, 0.05) is 24.6 Å². The Kier molecular flexibility index (Phi) is 7.45. The number of carbonyl (C=O) groups is 2. The standard InChI is InChI=1S/C23H21F3N4O3S/c1-13-7-8-17(9-14(13)2)29-20(32)18-11-27-22(30(3)21(18)33)34-12-19(31)28-16-6-4-5-15(10-16)23(24,25)26/h4-11H,12H2,1-3H3,(H,28,31)(H,29,32). The normalized spacial score (nSPS) is 11.2. The number of hydrogen-bond donors (Lipinski definition) is 2. The molecule has 11 heteroatoms. The summed E-state index contributed by atoms with van der Waals surface area (Å²) in [5.74, 6) is -1.39. The Morgan fingerprint density at radius 3 is 2.41 bits per heavy atom. The fourth-order valence-corrected chi connectivity index (χ4v) is 3.67. The van der Waals surface area contributed by atoms with Gasteiger partial charge in [-0.05, 0) is 55.3 Å². The molecule has 1 aromatic heterocycles. The van der Waals surface area contributed by atoms with Gasteiger partial charge in [0.25, 0.3) is 11.5 Å². The van der Waals surface area contributed by atoms with E-state index in [1.54, 1.807) is 12.1 Å². The number of thioether (sulfide) groups is 1. The van der Waals surface area contributed by atoms with E-state index in [2.05, 4.69) is 15.6 Å². The molecule has 3 rings (SSSR count). The van der Waals surface area contributed by atoms with Gasteiger partial charge in [-0.25, -0.2) is 4.98 Å². The molecule has 3 aromatic rings. The number of rotatable bonds is 6. The Hall–Kier alpha value is -3.60. The summed E-state index contributed by atoms with van der Waals surface area (Å²) in [7, 11) is 1.41. The molecule has 0 aliphatic rings. The van der Waals surface area contributed by atoms with Crippen LogP contribution in [-0.2, 0) is 18.0 Å². The summed E-state index contributed by atoms with van der Waals surface area (Å²) in [4.78, 5) is 41.5. The molecule has 2 aromatic carbocycles. The van der Waals surface area contributed by atoms with Gasteiger partial charge in [-0.15, -0.1) is 0 Å². The summed E-state index contributed by atoms with van der Waals surface area (Å²) < 4.78 is 39.6.